The summed E-state index contributed by atoms with van der Waals surface area (Å²) in [6.45, 7) is 5.26. The zero-order valence-electron chi connectivity index (χ0n) is 27.3. The molecule has 1 aliphatic carbocycles. The van der Waals surface area contributed by atoms with E-state index in [0.29, 0.717) is 49.7 Å². The normalized spacial score (nSPS) is 21.1. The Balaban J connectivity index is 0.968. The molecule has 250 valence electrons. The van der Waals surface area contributed by atoms with Gasteiger partial charge in [0.2, 0.25) is 0 Å². The molecule has 4 aromatic rings. The third kappa shape index (κ3) is 6.65. The Hall–Kier alpha value is -4.37. The molecule has 0 aromatic heterocycles. The van der Waals surface area contributed by atoms with Gasteiger partial charge >= 0.3 is 5.97 Å². The number of hydrogen-bond donors (Lipinski definition) is 4. The molecule has 0 saturated carbocycles. The van der Waals surface area contributed by atoms with Crippen LogP contribution in [0.5, 0.6) is 5.75 Å². The van der Waals surface area contributed by atoms with Crippen LogP contribution < -0.4 is 9.80 Å². The maximum Gasteiger partial charge on any atom is 0.336 e. The van der Waals surface area contributed by atoms with Crippen LogP contribution in [0.25, 0.3) is 0 Å². The van der Waals surface area contributed by atoms with Gasteiger partial charge in [0.15, 0.2) is 0 Å². The number of aromatic hydroxyl groups is 1. The molecule has 0 amide bonds. The van der Waals surface area contributed by atoms with E-state index >= 15 is 0 Å². The van der Waals surface area contributed by atoms with E-state index in [-0.39, 0.29) is 18.1 Å². The highest BCUT2D eigenvalue weighted by Crippen LogP contribution is 2.47. The van der Waals surface area contributed by atoms with Gasteiger partial charge in [-0.1, -0.05) is 48.5 Å². The number of anilines is 2. The van der Waals surface area contributed by atoms with Crippen LogP contribution in [0.15, 0.2) is 91.0 Å². The van der Waals surface area contributed by atoms with E-state index in [9.17, 15) is 25.2 Å². The van der Waals surface area contributed by atoms with Crippen molar-refractivity contribution in [2.45, 2.75) is 49.7 Å². The molecule has 7 rings (SSSR count). The summed E-state index contributed by atoms with van der Waals surface area (Å²) in [4.78, 5) is 18.4. The van der Waals surface area contributed by atoms with Gasteiger partial charge in [0.1, 0.15) is 5.75 Å². The first-order valence-electron chi connectivity index (χ1n) is 17.2. The molecular formula is C40H45N3O5. The number of aromatic carboxylic acids is 1. The first-order valence-corrected chi connectivity index (χ1v) is 17.2. The van der Waals surface area contributed by atoms with Gasteiger partial charge in [0, 0.05) is 63.1 Å². The number of phenolic OH excluding ortho intramolecular Hbond substituents is 1. The molecule has 4 N–H and O–H groups in total. The standard InChI is InChI=1S/C40H45N3O5/c44-26-31-24-33(11-14-37(31)39(46)47)42-18-16-40(48,17-19-42)27-41-20-22-43(23-21-41)32-9-6-29(7-10-32)38-35(28-4-2-1-3-5-28)13-8-30-25-34(45)12-15-36(30)38/h1-7,9-12,14-15,24-25,35,38,44-45,48H,8,13,16-23,26-27H2,(H,46,47). The van der Waals surface area contributed by atoms with Crippen molar-refractivity contribution in [3.63, 3.8) is 0 Å². The minimum Gasteiger partial charge on any atom is -0.508 e. The topological polar surface area (TPSA) is 108 Å². The summed E-state index contributed by atoms with van der Waals surface area (Å²) in [6.07, 6.45) is 3.28. The number of aliphatic hydroxyl groups is 2. The summed E-state index contributed by atoms with van der Waals surface area (Å²) in [6, 6.07) is 30.9. The number of aryl methyl sites for hydroxylation is 1. The highest BCUT2D eigenvalue weighted by Gasteiger charge is 2.36. The molecule has 3 aliphatic rings. The van der Waals surface area contributed by atoms with Gasteiger partial charge in [-0.25, -0.2) is 4.79 Å². The molecule has 0 bridgehead atoms. The van der Waals surface area contributed by atoms with Crippen LogP contribution in [0.4, 0.5) is 11.4 Å². The lowest BCUT2D eigenvalue weighted by Gasteiger charge is -2.44. The van der Waals surface area contributed by atoms with Crippen LogP contribution in [0.2, 0.25) is 0 Å². The zero-order valence-corrected chi connectivity index (χ0v) is 27.3. The fraction of sp³-hybridized carbons (Fsp3) is 0.375. The maximum atomic E-state index is 11.5. The predicted octanol–water partition coefficient (Wildman–Crippen LogP) is 5.60. The Bertz CT molecular complexity index is 1730. The van der Waals surface area contributed by atoms with Crippen LogP contribution in [0, 0.1) is 0 Å². The van der Waals surface area contributed by atoms with Crippen LogP contribution >= 0.6 is 0 Å². The molecule has 0 radical (unpaired) electrons. The van der Waals surface area contributed by atoms with E-state index in [1.165, 1.54) is 27.9 Å². The number of rotatable bonds is 8. The number of aliphatic hydroxyl groups excluding tert-OH is 1. The van der Waals surface area contributed by atoms with Gasteiger partial charge < -0.3 is 30.2 Å². The third-order valence-corrected chi connectivity index (χ3v) is 10.9. The molecule has 2 aliphatic heterocycles. The second kappa shape index (κ2) is 13.6. The molecular weight excluding hydrogens is 602 g/mol. The number of carboxylic acid groups (broad SMARTS) is 1. The van der Waals surface area contributed by atoms with Crippen LogP contribution in [-0.2, 0) is 13.0 Å². The van der Waals surface area contributed by atoms with Crippen molar-refractivity contribution in [1.82, 2.24) is 4.90 Å². The summed E-state index contributed by atoms with van der Waals surface area (Å²) >= 11 is 0. The monoisotopic (exact) mass is 647 g/mol. The summed E-state index contributed by atoms with van der Waals surface area (Å²) in [5.74, 6) is -0.0952. The number of carbonyl (C=O) groups is 1. The minimum atomic E-state index is -1.04. The lowest BCUT2D eigenvalue weighted by molar-refractivity contribution is -0.0173. The van der Waals surface area contributed by atoms with Crippen molar-refractivity contribution in [2.24, 2.45) is 0 Å². The Labute approximate surface area is 282 Å². The number of hydrogen-bond acceptors (Lipinski definition) is 7. The van der Waals surface area contributed by atoms with E-state index < -0.39 is 11.6 Å². The highest BCUT2D eigenvalue weighted by molar-refractivity contribution is 5.90. The van der Waals surface area contributed by atoms with Gasteiger partial charge in [-0.15, -0.1) is 0 Å². The average molecular weight is 648 g/mol. The molecule has 2 unspecified atom stereocenters. The van der Waals surface area contributed by atoms with Crippen molar-refractivity contribution in [2.75, 3.05) is 55.6 Å². The first-order chi connectivity index (χ1) is 23.3. The number of piperazine rings is 1. The van der Waals surface area contributed by atoms with Gasteiger partial charge in [0.05, 0.1) is 17.8 Å². The summed E-state index contributed by atoms with van der Waals surface area (Å²) < 4.78 is 0. The number of piperidine rings is 1. The molecule has 0 spiro atoms. The number of benzene rings is 4. The molecule has 8 heteroatoms. The second-order valence-corrected chi connectivity index (χ2v) is 13.8. The van der Waals surface area contributed by atoms with Crippen molar-refractivity contribution < 1.29 is 25.2 Å². The zero-order chi connectivity index (χ0) is 33.3. The van der Waals surface area contributed by atoms with E-state index in [1.54, 1.807) is 18.2 Å². The van der Waals surface area contributed by atoms with Crippen molar-refractivity contribution >= 4 is 17.3 Å². The molecule has 2 saturated heterocycles. The molecule has 4 aromatic carbocycles. The van der Waals surface area contributed by atoms with Gasteiger partial charge in [-0.05, 0) is 102 Å². The lowest BCUT2D eigenvalue weighted by Crippen LogP contribution is -2.55. The van der Waals surface area contributed by atoms with Crippen LogP contribution in [0.1, 0.15) is 69.3 Å². The summed E-state index contributed by atoms with van der Waals surface area (Å²) in [5.41, 5.74) is 7.09. The van der Waals surface area contributed by atoms with Gasteiger partial charge in [0.25, 0.3) is 0 Å². The quantitative estimate of drug-likeness (QED) is 0.196. The smallest absolute Gasteiger partial charge is 0.336 e. The lowest BCUT2D eigenvalue weighted by atomic mass is 9.69. The number of β-amino-alcohol motifs (C(OH)–C–C–N with tert-alkyl or cyclic N) is 1. The fourth-order valence-electron chi connectivity index (χ4n) is 8.21. The van der Waals surface area contributed by atoms with E-state index in [2.05, 4.69) is 75.4 Å². The Morgan fingerprint density at radius 1 is 0.771 bits per heavy atom. The fourth-order valence-corrected chi connectivity index (χ4v) is 8.21. The maximum absolute atomic E-state index is 11.5. The van der Waals surface area contributed by atoms with Gasteiger partial charge in [-0.2, -0.15) is 0 Å². The predicted molar refractivity (Wildman–Crippen MR) is 188 cm³/mol. The number of fused-ring (bicyclic) bond motifs is 1. The second-order valence-electron chi connectivity index (χ2n) is 13.8. The van der Waals surface area contributed by atoms with E-state index in [0.717, 1.165) is 44.7 Å². The first kappa shape index (κ1) is 32.2. The molecule has 2 fully saturated rings. The van der Waals surface area contributed by atoms with E-state index in [4.69, 9.17) is 0 Å². The number of phenols is 1. The molecule has 8 nitrogen and oxygen atoms in total. The van der Waals surface area contributed by atoms with Crippen LogP contribution in [-0.4, -0.2) is 82.7 Å². The van der Waals surface area contributed by atoms with E-state index in [1.807, 2.05) is 12.1 Å². The Morgan fingerprint density at radius 2 is 1.46 bits per heavy atom. The van der Waals surface area contributed by atoms with Crippen molar-refractivity contribution in [1.29, 1.82) is 0 Å². The highest BCUT2D eigenvalue weighted by atomic mass is 16.4. The average Bonchev–Trinajstić information content (AvgIpc) is 3.11. The summed E-state index contributed by atoms with van der Waals surface area (Å²) in [7, 11) is 0. The Kier molecular flexibility index (Phi) is 9.14. The van der Waals surface area contributed by atoms with Crippen molar-refractivity contribution in [3.8, 4) is 5.75 Å². The van der Waals surface area contributed by atoms with Crippen molar-refractivity contribution in [3.05, 3.63) is 124 Å². The third-order valence-electron chi connectivity index (χ3n) is 10.9. The molecule has 48 heavy (non-hydrogen) atoms. The van der Waals surface area contributed by atoms with Gasteiger partial charge in [-0.3, -0.25) is 4.90 Å². The minimum absolute atomic E-state index is 0.124. The Morgan fingerprint density at radius 3 is 2.15 bits per heavy atom. The summed E-state index contributed by atoms with van der Waals surface area (Å²) in [5, 5.41) is 40.7. The number of carboxylic acids is 1. The number of nitrogens with zero attached hydrogens (tertiary/aromatic N) is 3. The van der Waals surface area contributed by atoms with Crippen LogP contribution in [0.3, 0.4) is 0 Å². The molecule has 2 heterocycles. The molecule has 2 atom stereocenters. The SMILES string of the molecule is O=C(O)c1ccc(N2CCC(O)(CN3CCN(c4ccc(C5c6ccc(O)cc6CCC5c5ccccc5)cc4)CC3)CC2)cc1CO. The largest absolute Gasteiger partial charge is 0.508 e.